The Morgan fingerprint density at radius 2 is 2.06 bits per heavy atom. The number of anilines is 1. The van der Waals surface area contributed by atoms with Crippen molar-refractivity contribution in [3.63, 3.8) is 0 Å². The van der Waals surface area contributed by atoms with Gasteiger partial charge in [-0.1, -0.05) is 6.08 Å². The maximum atomic E-state index is 13.5. The quantitative estimate of drug-likeness (QED) is 0.423. The zero-order valence-electron chi connectivity index (χ0n) is 20.0. The normalized spacial score (nSPS) is 11.9. The second kappa shape index (κ2) is 12.1. The molecule has 0 radical (unpaired) electrons. The van der Waals surface area contributed by atoms with Crippen LogP contribution in [-0.4, -0.2) is 59.6 Å². The highest BCUT2D eigenvalue weighted by molar-refractivity contribution is 7.18. The van der Waals surface area contributed by atoms with Gasteiger partial charge in [0.1, 0.15) is 22.6 Å². The van der Waals surface area contributed by atoms with Gasteiger partial charge in [-0.2, -0.15) is 0 Å². The Kier molecular flexibility index (Phi) is 8.90. The van der Waals surface area contributed by atoms with Crippen molar-refractivity contribution in [3.8, 4) is 0 Å². The summed E-state index contributed by atoms with van der Waals surface area (Å²) in [4.78, 5) is 55.1. The van der Waals surface area contributed by atoms with Gasteiger partial charge in [0.15, 0.2) is 0 Å². The summed E-state index contributed by atoms with van der Waals surface area (Å²) in [6, 6.07) is 6.35. The van der Waals surface area contributed by atoms with Crippen LogP contribution in [0.2, 0.25) is 0 Å². The van der Waals surface area contributed by atoms with Crippen LogP contribution < -0.4 is 16.2 Å². The zero-order chi connectivity index (χ0) is 26.2. The van der Waals surface area contributed by atoms with Gasteiger partial charge < -0.3 is 24.8 Å². The summed E-state index contributed by atoms with van der Waals surface area (Å²) in [6.07, 6.45) is 4.21. The van der Waals surface area contributed by atoms with E-state index in [2.05, 4.69) is 20.4 Å². The first-order valence-electron chi connectivity index (χ1n) is 11.0. The summed E-state index contributed by atoms with van der Waals surface area (Å²) in [6.45, 7) is 0.137. The summed E-state index contributed by atoms with van der Waals surface area (Å²) in [5.41, 5.74) is 0.0554. The van der Waals surface area contributed by atoms with Crippen molar-refractivity contribution in [1.82, 2.24) is 19.8 Å². The molecule has 1 atom stereocenters. The van der Waals surface area contributed by atoms with E-state index in [-0.39, 0.29) is 24.6 Å². The Bertz CT molecular complexity index is 1350. The molecule has 2 aromatic heterocycles. The first-order valence-corrected chi connectivity index (χ1v) is 11.8. The second-order valence-electron chi connectivity index (χ2n) is 7.96. The van der Waals surface area contributed by atoms with Crippen LogP contribution in [0.3, 0.4) is 0 Å². The fraction of sp³-hybridized carbons (Fsp3) is 0.292. The van der Waals surface area contributed by atoms with Crippen LogP contribution in [0.4, 0.5) is 14.9 Å². The van der Waals surface area contributed by atoms with Gasteiger partial charge in [0.2, 0.25) is 11.8 Å². The number of benzene rings is 1. The van der Waals surface area contributed by atoms with Crippen molar-refractivity contribution in [2.75, 3.05) is 26.5 Å². The van der Waals surface area contributed by atoms with E-state index in [4.69, 9.17) is 0 Å². The molecule has 0 spiro atoms. The molecule has 10 nitrogen and oxygen atoms in total. The zero-order valence-corrected chi connectivity index (χ0v) is 20.8. The third-order valence-electron chi connectivity index (χ3n) is 5.09. The second-order valence-corrected chi connectivity index (χ2v) is 9.08. The number of amides is 3. The Balaban J connectivity index is 1.73. The lowest BCUT2D eigenvalue weighted by molar-refractivity contribution is -0.123. The van der Waals surface area contributed by atoms with Gasteiger partial charge in [-0.15, -0.1) is 11.3 Å². The van der Waals surface area contributed by atoms with Gasteiger partial charge in [-0.3, -0.25) is 14.4 Å². The molecule has 3 amide bonds. The van der Waals surface area contributed by atoms with E-state index in [1.807, 2.05) is 0 Å². The number of ether oxygens (including phenoxy) is 1. The predicted octanol–water partition coefficient (Wildman–Crippen LogP) is 2.73. The monoisotopic (exact) mass is 515 g/mol. The fourth-order valence-electron chi connectivity index (χ4n) is 3.20. The Labute approximate surface area is 210 Å². The summed E-state index contributed by atoms with van der Waals surface area (Å²) >= 11 is 1.34. The highest BCUT2D eigenvalue weighted by Crippen LogP contribution is 2.23. The summed E-state index contributed by atoms with van der Waals surface area (Å²) < 4.78 is 20.2. The number of methoxy groups -OCH3 is 1. The van der Waals surface area contributed by atoms with E-state index >= 15 is 0 Å². The summed E-state index contributed by atoms with van der Waals surface area (Å²) in [5.74, 6) is -1.21. The lowest BCUT2D eigenvalue weighted by atomic mass is 10.1. The number of likely N-dealkylation sites (N-methyl/N-ethyl adjacent to an activating group) is 1. The average molecular weight is 516 g/mol. The number of carbonyl (C=O) groups is 3. The van der Waals surface area contributed by atoms with Crippen molar-refractivity contribution in [3.05, 3.63) is 69.9 Å². The van der Waals surface area contributed by atoms with Crippen LogP contribution in [0.25, 0.3) is 10.2 Å². The van der Waals surface area contributed by atoms with Crippen LogP contribution in [0.5, 0.6) is 0 Å². The standard InChI is InChI=1S/C24H26FN5O5S/c1-29(2)21(31)9-5-4-7-16(28-24(34)35-3)22(32)27-17-8-6-12-30(23(17)33)14-20-26-18-13-15(25)10-11-19(18)36-20/h5-6,8-13,16H,4,7,14H2,1-3H3,(H,27,32)(H,28,34). The Morgan fingerprint density at radius 1 is 1.28 bits per heavy atom. The van der Waals surface area contributed by atoms with Crippen LogP contribution in [0, 0.1) is 5.82 Å². The first kappa shape index (κ1) is 26.5. The molecule has 0 aliphatic carbocycles. The molecule has 3 rings (SSSR count). The van der Waals surface area contributed by atoms with Crippen molar-refractivity contribution >= 4 is 45.1 Å². The number of halogens is 1. The molecule has 0 fully saturated rings. The molecular formula is C24H26FN5O5S. The molecule has 1 unspecified atom stereocenters. The molecule has 0 bridgehead atoms. The lowest BCUT2D eigenvalue weighted by Gasteiger charge is -2.17. The lowest BCUT2D eigenvalue weighted by Crippen LogP contribution is -2.44. The number of nitrogens with one attached hydrogen (secondary N) is 2. The van der Waals surface area contributed by atoms with E-state index < -0.39 is 29.4 Å². The third kappa shape index (κ3) is 6.98. The number of alkyl carbamates (subject to hydrolysis) is 1. The van der Waals surface area contributed by atoms with Gasteiger partial charge in [-0.05, 0) is 43.2 Å². The molecule has 1 aromatic carbocycles. The largest absolute Gasteiger partial charge is 0.453 e. The fourth-order valence-corrected chi connectivity index (χ4v) is 4.15. The summed E-state index contributed by atoms with van der Waals surface area (Å²) in [7, 11) is 4.41. The number of nitrogens with zero attached hydrogens (tertiary/aromatic N) is 3. The molecule has 0 aliphatic rings. The number of rotatable bonds is 9. The van der Waals surface area contributed by atoms with Gasteiger partial charge in [-0.25, -0.2) is 14.2 Å². The maximum absolute atomic E-state index is 13.5. The molecule has 0 aliphatic heterocycles. The maximum Gasteiger partial charge on any atom is 0.407 e. The first-order chi connectivity index (χ1) is 17.2. The topological polar surface area (TPSA) is 123 Å². The highest BCUT2D eigenvalue weighted by atomic mass is 32.1. The molecule has 190 valence electrons. The number of thiazole rings is 1. The Morgan fingerprint density at radius 3 is 2.78 bits per heavy atom. The van der Waals surface area contributed by atoms with E-state index in [0.29, 0.717) is 16.9 Å². The number of fused-ring (bicyclic) bond motifs is 1. The van der Waals surface area contributed by atoms with Crippen LogP contribution in [0.15, 0.2) is 53.5 Å². The van der Waals surface area contributed by atoms with Crippen LogP contribution in [-0.2, 0) is 20.9 Å². The molecular weight excluding hydrogens is 489 g/mol. The van der Waals surface area contributed by atoms with Gasteiger partial charge >= 0.3 is 6.09 Å². The Hall–Kier alpha value is -4.06. The number of hydrogen-bond acceptors (Lipinski definition) is 7. The van der Waals surface area contributed by atoms with Crippen molar-refractivity contribution < 1.29 is 23.5 Å². The van der Waals surface area contributed by atoms with Crippen LogP contribution in [0.1, 0.15) is 17.8 Å². The highest BCUT2D eigenvalue weighted by Gasteiger charge is 2.22. The molecule has 0 saturated carbocycles. The minimum atomic E-state index is -1.01. The number of pyridine rings is 1. The molecule has 2 N–H and O–H groups in total. The number of allylic oxidation sites excluding steroid dienone is 1. The smallest absolute Gasteiger partial charge is 0.407 e. The third-order valence-corrected chi connectivity index (χ3v) is 6.12. The average Bonchev–Trinajstić information content (AvgIpc) is 3.24. The van der Waals surface area contributed by atoms with Crippen molar-refractivity contribution in [2.24, 2.45) is 0 Å². The summed E-state index contributed by atoms with van der Waals surface area (Å²) in [5, 5.41) is 5.60. The molecule has 3 aromatic rings. The van der Waals surface area contributed by atoms with Gasteiger partial charge in [0, 0.05) is 26.4 Å². The van der Waals surface area contributed by atoms with Crippen molar-refractivity contribution in [1.29, 1.82) is 0 Å². The molecule has 2 heterocycles. The SMILES string of the molecule is COC(=O)NC(CCC=CC(=O)N(C)C)C(=O)Nc1cccn(Cc2nc3cc(F)ccc3s2)c1=O. The number of aromatic nitrogens is 2. The minimum Gasteiger partial charge on any atom is -0.453 e. The molecule has 36 heavy (non-hydrogen) atoms. The van der Waals surface area contributed by atoms with Gasteiger partial charge in [0.05, 0.1) is 23.9 Å². The van der Waals surface area contributed by atoms with Gasteiger partial charge in [0.25, 0.3) is 5.56 Å². The van der Waals surface area contributed by atoms with Crippen molar-refractivity contribution in [2.45, 2.75) is 25.4 Å². The number of carbonyl (C=O) groups excluding carboxylic acids is 3. The number of hydrogen-bond donors (Lipinski definition) is 2. The van der Waals surface area contributed by atoms with E-state index in [1.165, 1.54) is 52.2 Å². The predicted molar refractivity (Wildman–Crippen MR) is 134 cm³/mol. The molecule has 0 saturated heterocycles. The van der Waals surface area contributed by atoms with E-state index in [9.17, 15) is 23.6 Å². The van der Waals surface area contributed by atoms with Crippen LogP contribution >= 0.6 is 11.3 Å². The molecule has 12 heteroatoms. The van der Waals surface area contributed by atoms with E-state index in [0.717, 1.165) is 4.70 Å². The minimum absolute atomic E-state index is 0.0182. The van der Waals surface area contributed by atoms with E-state index in [1.54, 1.807) is 38.5 Å².